The van der Waals surface area contributed by atoms with Crippen LogP contribution in [-0.2, 0) is 0 Å². The lowest BCUT2D eigenvalue weighted by molar-refractivity contribution is 0.395. The summed E-state index contributed by atoms with van der Waals surface area (Å²) in [4.78, 5) is 0. The molecule has 0 saturated heterocycles. The van der Waals surface area contributed by atoms with Crippen molar-refractivity contribution in [1.29, 1.82) is 0 Å². The summed E-state index contributed by atoms with van der Waals surface area (Å²) >= 11 is 8.78. The predicted octanol–water partition coefficient (Wildman–Crippen LogP) is 4.28. The van der Waals surface area contributed by atoms with E-state index in [4.69, 9.17) is 21.7 Å². The number of methoxy groups -OCH3 is 2. The van der Waals surface area contributed by atoms with Gasteiger partial charge in [0.15, 0.2) is 5.11 Å². The lowest BCUT2D eigenvalue weighted by atomic mass is 10.3. The summed E-state index contributed by atoms with van der Waals surface area (Å²) < 4.78 is 11.4. The first-order valence-corrected chi connectivity index (χ1v) is 7.38. The molecule has 6 heteroatoms. The third-order valence-electron chi connectivity index (χ3n) is 2.73. The summed E-state index contributed by atoms with van der Waals surface area (Å²) in [6.07, 6.45) is 0. The fourth-order valence-electron chi connectivity index (χ4n) is 1.73. The maximum Gasteiger partial charge on any atom is 0.175 e. The third-order valence-corrected chi connectivity index (χ3v) is 3.63. The number of ether oxygens (including phenoxy) is 2. The Hall–Kier alpha value is -1.79. The topological polar surface area (TPSA) is 42.5 Å². The summed E-state index contributed by atoms with van der Waals surface area (Å²) in [6.45, 7) is 0. The van der Waals surface area contributed by atoms with Crippen LogP contribution in [0.3, 0.4) is 0 Å². The average molecular weight is 367 g/mol. The molecule has 21 heavy (non-hydrogen) atoms. The van der Waals surface area contributed by atoms with Crippen molar-refractivity contribution < 1.29 is 9.47 Å². The molecule has 0 spiro atoms. The van der Waals surface area contributed by atoms with E-state index in [0.29, 0.717) is 16.6 Å². The van der Waals surface area contributed by atoms with Crippen molar-refractivity contribution in [2.24, 2.45) is 0 Å². The first-order chi connectivity index (χ1) is 10.1. The third kappa shape index (κ3) is 4.34. The molecule has 2 aromatic rings. The molecular formula is C15H15BrN2O2S. The van der Waals surface area contributed by atoms with Crippen molar-refractivity contribution in [3.63, 3.8) is 0 Å². The summed E-state index contributed by atoms with van der Waals surface area (Å²) in [7, 11) is 3.21. The van der Waals surface area contributed by atoms with Gasteiger partial charge in [0.2, 0.25) is 0 Å². The van der Waals surface area contributed by atoms with E-state index in [0.717, 1.165) is 15.8 Å². The smallest absolute Gasteiger partial charge is 0.175 e. The molecule has 0 aromatic heterocycles. The number of benzene rings is 2. The highest BCUT2D eigenvalue weighted by Gasteiger charge is 2.05. The van der Waals surface area contributed by atoms with Crippen LogP contribution < -0.4 is 20.1 Å². The van der Waals surface area contributed by atoms with Gasteiger partial charge in [0.25, 0.3) is 0 Å². The summed E-state index contributed by atoms with van der Waals surface area (Å²) in [5.74, 6) is 1.39. The van der Waals surface area contributed by atoms with E-state index in [9.17, 15) is 0 Å². The number of rotatable bonds is 4. The maximum atomic E-state index is 5.31. The van der Waals surface area contributed by atoms with E-state index >= 15 is 0 Å². The number of nitrogens with one attached hydrogen (secondary N) is 2. The Kier molecular flexibility index (Phi) is 5.41. The highest BCUT2D eigenvalue weighted by atomic mass is 79.9. The second-order valence-corrected chi connectivity index (χ2v) is 5.42. The van der Waals surface area contributed by atoms with Crippen LogP contribution in [0.15, 0.2) is 46.9 Å². The molecular weight excluding hydrogens is 352 g/mol. The van der Waals surface area contributed by atoms with Crippen molar-refractivity contribution in [3.8, 4) is 11.5 Å². The molecule has 2 rings (SSSR count). The lowest BCUT2D eigenvalue weighted by Gasteiger charge is -2.13. The van der Waals surface area contributed by atoms with Gasteiger partial charge >= 0.3 is 0 Å². The molecule has 0 aliphatic heterocycles. The van der Waals surface area contributed by atoms with Crippen molar-refractivity contribution in [2.75, 3.05) is 24.9 Å². The van der Waals surface area contributed by atoms with Crippen LogP contribution in [0, 0.1) is 0 Å². The molecule has 0 fully saturated rings. The standard InChI is InChI=1S/C15H15BrN2O2S/c1-19-11-7-10(8-12(9-11)20-2)17-15(21)18-14-6-4-3-5-13(14)16/h3-9H,1-2H3,(H2,17,18,21). The van der Waals surface area contributed by atoms with Gasteiger partial charge in [-0.3, -0.25) is 0 Å². The molecule has 0 aliphatic rings. The average Bonchev–Trinajstić information content (AvgIpc) is 2.49. The maximum absolute atomic E-state index is 5.31. The number of thiocarbonyl (C=S) groups is 1. The Bertz CT molecular complexity index is 627. The van der Waals surface area contributed by atoms with E-state index in [1.807, 2.05) is 36.4 Å². The van der Waals surface area contributed by atoms with E-state index in [1.165, 1.54) is 0 Å². The fourth-order valence-corrected chi connectivity index (χ4v) is 2.34. The van der Waals surface area contributed by atoms with Gasteiger partial charge in [0, 0.05) is 28.4 Å². The molecule has 0 unspecified atom stereocenters. The normalized spacial score (nSPS) is 9.86. The van der Waals surface area contributed by atoms with Gasteiger partial charge in [-0.2, -0.15) is 0 Å². The number of hydrogen-bond donors (Lipinski definition) is 2. The molecule has 2 aromatic carbocycles. The largest absolute Gasteiger partial charge is 0.497 e. The van der Waals surface area contributed by atoms with Crippen molar-refractivity contribution in [1.82, 2.24) is 0 Å². The first-order valence-electron chi connectivity index (χ1n) is 6.18. The molecule has 110 valence electrons. The number of hydrogen-bond acceptors (Lipinski definition) is 3. The highest BCUT2D eigenvalue weighted by Crippen LogP contribution is 2.26. The zero-order valence-electron chi connectivity index (χ0n) is 11.6. The molecule has 0 saturated carbocycles. The van der Waals surface area contributed by atoms with Gasteiger partial charge in [-0.25, -0.2) is 0 Å². The number of anilines is 2. The highest BCUT2D eigenvalue weighted by molar-refractivity contribution is 9.10. The van der Waals surface area contributed by atoms with Crippen LogP contribution in [0.4, 0.5) is 11.4 Å². The zero-order chi connectivity index (χ0) is 15.2. The summed E-state index contributed by atoms with van der Waals surface area (Å²) in [5.41, 5.74) is 1.68. The van der Waals surface area contributed by atoms with Gasteiger partial charge in [0.05, 0.1) is 19.9 Å². The van der Waals surface area contributed by atoms with E-state index < -0.39 is 0 Å². The number of halogens is 1. The Morgan fingerprint density at radius 3 is 2.19 bits per heavy atom. The Morgan fingerprint density at radius 2 is 1.62 bits per heavy atom. The van der Waals surface area contributed by atoms with Crippen LogP contribution in [0.25, 0.3) is 0 Å². The van der Waals surface area contributed by atoms with Crippen LogP contribution in [0.5, 0.6) is 11.5 Å². The van der Waals surface area contributed by atoms with Crippen LogP contribution in [0.2, 0.25) is 0 Å². The Morgan fingerprint density at radius 1 is 1.00 bits per heavy atom. The van der Waals surface area contributed by atoms with Crippen molar-refractivity contribution >= 4 is 44.6 Å². The van der Waals surface area contributed by atoms with Crippen molar-refractivity contribution in [2.45, 2.75) is 0 Å². The van der Waals surface area contributed by atoms with Crippen LogP contribution in [0.1, 0.15) is 0 Å². The first kappa shape index (κ1) is 15.6. The lowest BCUT2D eigenvalue weighted by Crippen LogP contribution is -2.19. The van der Waals surface area contributed by atoms with Crippen LogP contribution in [-0.4, -0.2) is 19.3 Å². The molecule has 0 atom stereocenters. The minimum atomic E-state index is 0.484. The predicted molar refractivity (Wildman–Crippen MR) is 93.5 cm³/mol. The SMILES string of the molecule is COc1cc(NC(=S)Nc2ccccc2Br)cc(OC)c1. The van der Waals surface area contributed by atoms with E-state index in [1.54, 1.807) is 20.3 Å². The van der Waals surface area contributed by atoms with E-state index in [-0.39, 0.29) is 0 Å². The van der Waals surface area contributed by atoms with Gasteiger partial charge in [-0.15, -0.1) is 0 Å². The Balaban J connectivity index is 2.11. The summed E-state index contributed by atoms with van der Waals surface area (Å²) in [5, 5.41) is 6.72. The van der Waals surface area contributed by atoms with Gasteiger partial charge in [-0.05, 0) is 40.3 Å². The molecule has 0 radical (unpaired) electrons. The molecule has 2 N–H and O–H groups in total. The van der Waals surface area contributed by atoms with Crippen LogP contribution >= 0.6 is 28.1 Å². The monoisotopic (exact) mass is 366 g/mol. The molecule has 0 amide bonds. The molecule has 0 heterocycles. The molecule has 0 aliphatic carbocycles. The minimum Gasteiger partial charge on any atom is -0.497 e. The molecule has 0 bridgehead atoms. The number of para-hydroxylation sites is 1. The second-order valence-electron chi connectivity index (χ2n) is 4.16. The van der Waals surface area contributed by atoms with Gasteiger partial charge in [-0.1, -0.05) is 12.1 Å². The molecule has 4 nitrogen and oxygen atoms in total. The summed E-state index contributed by atoms with van der Waals surface area (Å²) in [6, 6.07) is 13.2. The minimum absolute atomic E-state index is 0.484. The quantitative estimate of drug-likeness (QED) is 0.790. The van der Waals surface area contributed by atoms with Gasteiger partial charge in [0.1, 0.15) is 11.5 Å². The van der Waals surface area contributed by atoms with Gasteiger partial charge < -0.3 is 20.1 Å². The fraction of sp³-hybridized carbons (Fsp3) is 0.133. The van der Waals surface area contributed by atoms with E-state index in [2.05, 4.69) is 26.6 Å². The Labute approximate surface area is 137 Å². The zero-order valence-corrected chi connectivity index (χ0v) is 14.0. The second kappa shape index (κ2) is 7.28. The van der Waals surface area contributed by atoms with Crippen molar-refractivity contribution in [3.05, 3.63) is 46.9 Å².